The number of aliphatic carboxylic acids is 1. The monoisotopic (exact) mass is 293 g/mol. The molecule has 5 heteroatoms. The molecule has 2 rings (SSSR count). The predicted molar refractivity (Wildman–Crippen MR) is 76.0 cm³/mol. The van der Waals surface area contributed by atoms with Crippen molar-refractivity contribution in [3.8, 4) is 0 Å². The van der Waals surface area contributed by atoms with Crippen LogP contribution in [0.5, 0.6) is 0 Å². The van der Waals surface area contributed by atoms with Crippen LogP contribution >= 0.6 is 0 Å². The van der Waals surface area contributed by atoms with Crippen molar-refractivity contribution in [1.82, 2.24) is 4.90 Å². The van der Waals surface area contributed by atoms with Gasteiger partial charge < -0.3 is 10.0 Å². The lowest BCUT2D eigenvalue weighted by atomic mass is 9.89. The van der Waals surface area contributed by atoms with Crippen molar-refractivity contribution in [2.75, 3.05) is 0 Å². The summed E-state index contributed by atoms with van der Waals surface area (Å²) in [5, 5.41) is 9.13. The average molecular weight is 293 g/mol. The van der Waals surface area contributed by atoms with Crippen LogP contribution in [0.3, 0.4) is 0 Å². The molecule has 1 aromatic rings. The first-order chi connectivity index (χ1) is 9.79. The Hall–Kier alpha value is -1.91. The Labute approximate surface area is 123 Å². The van der Waals surface area contributed by atoms with Gasteiger partial charge in [-0.15, -0.1) is 0 Å². The van der Waals surface area contributed by atoms with Gasteiger partial charge in [-0.3, -0.25) is 9.59 Å². The maximum atomic E-state index is 12.9. The quantitative estimate of drug-likeness (QED) is 0.877. The number of hydrogen-bond acceptors (Lipinski definition) is 2. The third kappa shape index (κ3) is 4.03. The lowest BCUT2D eigenvalue weighted by Crippen LogP contribution is -2.37. The zero-order chi connectivity index (χ0) is 15.6. The average Bonchev–Trinajstić information content (AvgIpc) is 3.21. The van der Waals surface area contributed by atoms with Crippen LogP contribution in [0.4, 0.5) is 4.39 Å². The fourth-order valence-corrected chi connectivity index (χ4v) is 2.15. The minimum absolute atomic E-state index is 0.0277. The Bertz CT molecular complexity index is 535. The first kappa shape index (κ1) is 15.5. The van der Waals surface area contributed by atoms with Crippen LogP contribution in [-0.4, -0.2) is 27.9 Å². The maximum Gasteiger partial charge on any atom is 0.309 e. The molecular weight excluding hydrogens is 273 g/mol. The van der Waals surface area contributed by atoms with Gasteiger partial charge >= 0.3 is 5.97 Å². The smallest absolute Gasteiger partial charge is 0.309 e. The molecule has 1 amide bonds. The second kappa shape index (κ2) is 5.84. The maximum absolute atomic E-state index is 12.9. The normalized spacial score (nSPS) is 14.8. The lowest BCUT2D eigenvalue weighted by molar-refractivity contribution is -0.151. The van der Waals surface area contributed by atoms with Crippen molar-refractivity contribution in [1.29, 1.82) is 0 Å². The summed E-state index contributed by atoms with van der Waals surface area (Å²) in [6.45, 7) is 3.51. The molecular formula is C16H20FNO3. The molecule has 21 heavy (non-hydrogen) atoms. The van der Waals surface area contributed by atoms with Crippen LogP contribution in [0.2, 0.25) is 0 Å². The molecule has 114 valence electrons. The fraction of sp³-hybridized carbons (Fsp3) is 0.500. The lowest BCUT2D eigenvalue weighted by Gasteiger charge is -2.27. The van der Waals surface area contributed by atoms with Crippen LogP contribution in [0.25, 0.3) is 0 Å². The minimum Gasteiger partial charge on any atom is -0.481 e. The molecule has 0 bridgehead atoms. The third-order valence-corrected chi connectivity index (χ3v) is 3.75. The number of nitrogens with zero attached hydrogens (tertiary/aromatic N) is 1. The highest BCUT2D eigenvalue weighted by molar-refractivity contribution is 5.84. The van der Waals surface area contributed by atoms with Crippen molar-refractivity contribution in [2.24, 2.45) is 5.41 Å². The van der Waals surface area contributed by atoms with Crippen LogP contribution in [0, 0.1) is 11.2 Å². The molecule has 0 aromatic heterocycles. The van der Waals surface area contributed by atoms with E-state index in [1.54, 1.807) is 30.9 Å². The SMILES string of the molecule is CC(C)(CC(=O)N(Cc1ccc(F)cc1)C1CC1)C(=O)O. The molecule has 0 radical (unpaired) electrons. The largest absolute Gasteiger partial charge is 0.481 e. The molecule has 1 aliphatic rings. The van der Waals surface area contributed by atoms with Crippen molar-refractivity contribution in [2.45, 2.75) is 45.7 Å². The molecule has 1 aliphatic carbocycles. The molecule has 0 saturated heterocycles. The minimum atomic E-state index is -1.08. The topological polar surface area (TPSA) is 57.6 Å². The summed E-state index contributed by atoms with van der Waals surface area (Å²) < 4.78 is 12.9. The van der Waals surface area contributed by atoms with Crippen LogP contribution in [-0.2, 0) is 16.1 Å². The molecule has 1 N–H and O–H groups in total. The van der Waals surface area contributed by atoms with E-state index in [9.17, 15) is 14.0 Å². The molecule has 0 heterocycles. The van der Waals surface area contributed by atoms with Gasteiger partial charge in [0.05, 0.1) is 5.41 Å². The first-order valence-corrected chi connectivity index (χ1v) is 7.07. The van der Waals surface area contributed by atoms with E-state index < -0.39 is 11.4 Å². The second-order valence-corrected chi connectivity index (χ2v) is 6.25. The standard InChI is InChI=1S/C16H20FNO3/c1-16(2,15(20)21)9-14(19)18(13-7-8-13)10-11-3-5-12(17)6-4-11/h3-6,13H,7-10H2,1-2H3,(H,20,21). The second-order valence-electron chi connectivity index (χ2n) is 6.25. The van der Waals surface area contributed by atoms with E-state index in [1.165, 1.54) is 12.1 Å². The first-order valence-electron chi connectivity index (χ1n) is 7.07. The van der Waals surface area contributed by atoms with E-state index in [0.717, 1.165) is 18.4 Å². The predicted octanol–water partition coefficient (Wildman–Crippen LogP) is 2.82. The molecule has 0 atom stereocenters. The summed E-state index contributed by atoms with van der Waals surface area (Å²) in [5.41, 5.74) is -0.225. The Morgan fingerprint density at radius 1 is 1.29 bits per heavy atom. The molecule has 1 saturated carbocycles. The van der Waals surface area contributed by atoms with Gasteiger partial charge in [-0.05, 0) is 44.4 Å². The number of benzene rings is 1. The molecule has 1 aromatic carbocycles. The van der Waals surface area contributed by atoms with Gasteiger partial charge in [0.15, 0.2) is 0 Å². The summed E-state index contributed by atoms with van der Waals surface area (Å²) in [6.07, 6.45) is 1.86. The Kier molecular flexibility index (Phi) is 4.30. The molecule has 0 unspecified atom stereocenters. The van der Waals surface area contributed by atoms with Crippen LogP contribution in [0.1, 0.15) is 38.7 Å². The Morgan fingerprint density at radius 2 is 1.86 bits per heavy atom. The number of carbonyl (C=O) groups excluding carboxylic acids is 1. The number of halogens is 1. The van der Waals surface area contributed by atoms with E-state index in [2.05, 4.69) is 0 Å². The fourth-order valence-electron chi connectivity index (χ4n) is 2.15. The van der Waals surface area contributed by atoms with Crippen molar-refractivity contribution < 1.29 is 19.1 Å². The van der Waals surface area contributed by atoms with E-state index in [-0.39, 0.29) is 24.2 Å². The van der Waals surface area contributed by atoms with Gasteiger partial charge in [0.25, 0.3) is 0 Å². The van der Waals surface area contributed by atoms with E-state index in [1.807, 2.05) is 0 Å². The highest BCUT2D eigenvalue weighted by Gasteiger charge is 2.37. The van der Waals surface area contributed by atoms with Gasteiger partial charge in [0.2, 0.25) is 5.91 Å². The number of carboxylic acids is 1. The summed E-state index contributed by atoms with van der Waals surface area (Å²) in [6, 6.07) is 6.23. The molecule has 1 fully saturated rings. The van der Waals surface area contributed by atoms with E-state index >= 15 is 0 Å². The zero-order valence-electron chi connectivity index (χ0n) is 12.3. The van der Waals surface area contributed by atoms with E-state index in [0.29, 0.717) is 6.54 Å². The molecule has 0 spiro atoms. The van der Waals surface area contributed by atoms with E-state index in [4.69, 9.17) is 5.11 Å². The van der Waals surface area contributed by atoms with Crippen LogP contribution < -0.4 is 0 Å². The third-order valence-electron chi connectivity index (χ3n) is 3.75. The van der Waals surface area contributed by atoms with Crippen molar-refractivity contribution in [3.05, 3.63) is 35.6 Å². The highest BCUT2D eigenvalue weighted by atomic mass is 19.1. The zero-order valence-corrected chi connectivity index (χ0v) is 12.3. The summed E-state index contributed by atoms with van der Waals surface area (Å²) in [7, 11) is 0. The van der Waals surface area contributed by atoms with Gasteiger partial charge in [-0.25, -0.2) is 4.39 Å². The summed E-state index contributed by atoms with van der Waals surface area (Å²) in [4.78, 5) is 25.3. The van der Waals surface area contributed by atoms with Gasteiger partial charge in [0, 0.05) is 19.0 Å². The summed E-state index contributed by atoms with van der Waals surface area (Å²) in [5.74, 6) is -1.45. The van der Waals surface area contributed by atoms with Gasteiger partial charge in [-0.2, -0.15) is 0 Å². The van der Waals surface area contributed by atoms with Crippen molar-refractivity contribution >= 4 is 11.9 Å². The van der Waals surface area contributed by atoms with Gasteiger partial charge in [-0.1, -0.05) is 12.1 Å². The molecule has 4 nitrogen and oxygen atoms in total. The Balaban J connectivity index is 2.07. The number of carbonyl (C=O) groups is 2. The van der Waals surface area contributed by atoms with Crippen LogP contribution in [0.15, 0.2) is 24.3 Å². The number of amides is 1. The Morgan fingerprint density at radius 3 is 2.33 bits per heavy atom. The number of rotatable bonds is 6. The van der Waals surface area contributed by atoms with Gasteiger partial charge in [0.1, 0.15) is 5.82 Å². The van der Waals surface area contributed by atoms with Crippen molar-refractivity contribution in [3.63, 3.8) is 0 Å². The summed E-state index contributed by atoms with van der Waals surface area (Å²) >= 11 is 0. The highest BCUT2D eigenvalue weighted by Crippen LogP contribution is 2.31. The molecule has 0 aliphatic heterocycles. The number of carboxylic acid groups (broad SMARTS) is 1. The number of hydrogen-bond donors (Lipinski definition) is 1.